The number of hydrogen-bond acceptors (Lipinski definition) is 3. The summed E-state index contributed by atoms with van der Waals surface area (Å²) < 4.78 is 2.81. The number of hydrogen-bond donors (Lipinski definition) is 2. The lowest BCUT2D eigenvalue weighted by molar-refractivity contribution is 0.433. The molecule has 0 aromatic heterocycles. The third kappa shape index (κ3) is 1.16. The molecule has 0 bridgehead atoms. The quantitative estimate of drug-likeness (QED) is 0.464. The summed E-state index contributed by atoms with van der Waals surface area (Å²) >= 11 is 1.35. The molecule has 0 atom stereocenters. The molecule has 0 spiro atoms. The molecule has 1 heterocycles. The highest BCUT2D eigenvalue weighted by Gasteiger charge is 1.88. The molecule has 2 N–H and O–H groups in total. The van der Waals surface area contributed by atoms with E-state index in [1.165, 1.54) is 11.9 Å². The summed E-state index contributed by atoms with van der Waals surface area (Å²) in [6, 6.07) is 0. The Bertz CT molecular complexity index is 119. The summed E-state index contributed by atoms with van der Waals surface area (Å²) in [7, 11) is 0. The van der Waals surface area contributed by atoms with Crippen LogP contribution in [0.25, 0.3) is 0 Å². The zero-order chi connectivity index (χ0) is 5.11. The molecule has 7 heavy (non-hydrogen) atoms. The second-order valence-corrected chi connectivity index (χ2v) is 1.82. The molecule has 1 aliphatic rings. The number of allylic oxidation sites excluding steroid dienone is 1. The SMILES string of the molecule is OC1=CSNC=C1. The Morgan fingerprint density at radius 3 is 2.86 bits per heavy atom. The van der Waals surface area contributed by atoms with Crippen LogP contribution >= 0.6 is 11.9 Å². The van der Waals surface area contributed by atoms with E-state index in [2.05, 4.69) is 4.72 Å². The Morgan fingerprint density at radius 1 is 1.71 bits per heavy atom. The Morgan fingerprint density at radius 2 is 2.57 bits per heavy atom. The predicted octanol–water partition coefficient (Wildman–Crippen LogP) is 1.15. The molecule has 0 aliphatic carbocycles. The van der Waals surface area contributed by atoms with Crippen molar-refractivity contribution in [3.8, 4) is 0 Å². The summed E-state index contributed by atoms with van der Waals surface area (Å²) in [5.41, 5.74) is 0. The molecule has 2 nitrogen and oxygen atoms in total. The van der Waals surface area contributed by atoms with Crippen LogP contribution in [0.5, 0.6) is 0 Å². The van der Waals surface area contributed by atoms with E-state index in [9.17, 15) is 0 Å². The maximum absolute atomic E-state index is 8.62. The average Bonchev–Trinajstić information content (AvgIpc) is 1.69. The molecule has 0 amide bonds. The summed E-state index contributed by atoms with van der Waals surface area (Å²) in [4.78, 5) is 0. The first-order chi connectivity index (χ1) is 3.39. The van der Waals surface area contributed by atoms with Gasteiger partial charge in [-0.1, -0.05) is 0 Å². The molecule has 1 rings (SSSR count). The summed E-state index contributed by atoms with van der Waals surface area (Å²) in [5, 5.41) is 10.2. The van der Waals surface area contributed by atoms with Crippen molar-refractivity contribution >= 4 is 11.9 Å². The Balaban J connectivity index is 2.58. The van der Waals surface area contributed by atoms with Crippen molar-refractivity contribution in [2.24, 2.45) is 0 Å². The highest BCUT2D eigenvalue weighted by molar-refractivity contribution is 8.00. The molecule has 0 fully saturated rings. The van der Waals surface area contributed by atoms with Crippen LogP contribution in [-0.2, 0) is 0 Å². The van der Waals surface area contributed by atoms with Crippen molar-refractivity contribution in [2.45, 2.75) is 0 Å². The van der Waals surface area contributed by atoms with Gasteiger partial charge in [0, 0.05) is 11.6 Å². The van der Waals surface area contributed by atoms with Gasteiger partial charge in [-0.15, -0.1) is 0 Å². The van der Waals surface area contributed by atoms with Gasteiger partial charge in [-0.2, -0.15) is 0 Å². The van der Waals surface area contributed by atoms with Crippen LogP contribution < -0.4 is 4.72 Å². The third-order valence-corrected chi connectivity index (χ3v) is 1.20. The first-order valence-electron chi connectivity index (χ1n) is 1.86. The number of rotatable bonds is 0. The lowest BCUT2D eigenvalue weighted by Crippen LogP contribution is -1.92. The molecular weight excluding hydrogens is 110 g/mol. The van der Waals surface area contributed by atoms with Crippen LogP contribution in [0.4, 0.5) is 0 Å². The second kappa shape index (κ2) is 1.93. The lowest BCUT2D eigenvalue weighted by Gasteiger charge is -1.98. The first kappa shape index (κ1) is 4.59. The maximum atomic E-state index is 8.62. The Hall–Kier alpha value is -0.570. The van der Waals surface area contributed by atoms with Crippen molar-refractivity contribution < 1.29 is 5.11 Å². The van der Waals surface area contributed by atoms with Crippen LogP contribution in [0.3, 0.4) is 0 Å². The minimum atomic E-state index is 0.309. The number of aliphatic hydroxyl groups excluding tert-OH is 1. The van der Waals surface area contributed by atoms with Crippen LogP contribution in [0.1, 0.15) is 0 Å². The highest BCUT2D eigenvalue weighted by Crippen LogP contribution is 2.05. The number of nitrogens with one attached hydrogen (secondary N) is 1. The molecule has 38 valence electrons. The van der Waals surface area contributed by atoms with Gasteiger partial charge in [0.1, 0.15) is 5.76 Å². The van der Waals surface area contributed by atoms with Crippen LogP contribution in [0.15, 0.2) is 23.4 Å². The fourth-order valence-electron chi connectivity index (χ4n) is 0.292. The maximum Gasteiger partial charge on any atom is 0.125 e. The topological polar surface area (TPSA) is 32.3 Å². The average molecular weight is 115 g/mol. The Labute approximate surface area is 46.1 Å². The van der Waals surface area contributed by atoms with Crippen LogP contribution in [0.2, 0.25) is 0 Å². The van der Waals surface area contributed by atoms with Gasteiger partial charge in [-0.05, 0) is 18.0 Å². The van der Waals surface area contributed by atoms with Gasteiger partial charge < -0.3 is 9.83 Å². The van der Waals surface area contributed by atoms with Gasteiger partial charge in [0.25, 0.3) is 0 Å². The molecule has 0 saturated carbocycles. The first-order valence-corrected chi connectivity index (χ1v) is 2.74. The fraction of sp³-hybridized carbons (Fsp3) is 0. The van der Waals surface area contributed by atoms with Crippen LogP contribution in [-0.4, -0.2) is 5.11 Å². The summed E-state index contributed by atoms with van der Waals surface area (Å²) in [6.45, 7) is 0. The van der Waals surface area contributed by atoms with Crippen molar-refractivity contribution in [1.29, 1.82) is 0 Å². The molecule has 0 aromatic carbocycles. The van der Waals surface area contributed by atoms with Crippen molar-refractivity contribution in [2.75, 3.05) is 0 Å². The van der Waals surface area contributed by atoms with E-state index in [4.69, 9.17) is 5.11 Å². The van der Waals surface area contributed by atoms with Gasteiger partial charge in [0.05, 0.1) is 0 Å². The van der Waals surface area contributed by atoms with Crippen molar-refractivity contribution in [3.63, 3.8) is 0 Å². The standard InChI is InChI=1S/C4H5NOS/c6-4-1-2-5-7-3-4/h1-3,5-6H. The van der Waals surface area contributed by atoms with E-state index in [0.717, 1.165) is 0 Å². The van der Waals surface area contributed by atoms with E-state index < -0.39 is 0 Å². The Kier molecular flexibility index (Phi) is 1.26. The van der Waals surface area contributed by atoms with E-state index in [0.29, 0.717) is 5.76 Å². The summed E-state index contributed by atoms with van der Waals surface area (Å²) in [5.74, 6) is 0.309. The molecule has 0 unspecified atom stereocenters. The lowest BCUT2D eigenvalue weighted by atomic mass is 10.5. The molecular formula is C4H5NOS. The van der Waals surface area contributed by atoms with Gasteiger partial charge >= 0.3 is 0 Å². The van der Waals surface area contributed by atoms with E-state index >= 15 is 0 Å². The van der Waals surface area contributed by atoms with Gasteiger partial charge in [0.15, 0.2) is 0 Å². The smallest absolute Gasteiger partial charge is 0.125 e. The van der Waals surface area contributed by atoms with E-state index in [1.807, 2.05) is 0 Å². The predicted molar refractivity (Wildman–Crippen MR) is 30.6 cm³/mol. The molecule has 0 radical (unpaired) electrons. The normalized spacial score (nSPS) is 18.0. The molecule has 0 aromatic rings. The zero-order valence-corrected chi connectivity index (χ0v) is 4.40. The molecule has 0 saturated heterocycles. The minimum absolute atomic E-state index is 0.309. The van der Waals surface area contributed by atoms with Gasteiger partial charge in [0.2, 0.25) is 0 Å². The van der Waals surface area contributed by atoms with Crippen molar-refractivity contribution in [1.82, 2.24) is 4.72 Å². The monoisotopic (exact) mass is 115 g/mol. The largest absolute Gasteiger partial charge is 0.507 e. The fourth-order valence-corrected chi connectivity index (χ4v) is 0.706. The molecule has 3 heteroatoms. The molecule has 1 aliphatic heterocycles. The van der Waals surface area contributed by atoms with Gasteiger partial charge in [-0.25, -0.2) is 0 Å². The minimum Gasteiger partial charge on any atom is -0.507 e. The number of aliphatic hydroxyl groups is 1. The second-order valence-electron chi connectivity index (χ2n) is 1.11. The van der Waals surface area contributed by atoms with Crippen LogP contribution in [0, 0.1) is 0 Å². The summed E-state index contributed by atoms with van der Waals surface area (Å²) in [6.07, 6.45) is 3.27. The van der Waals surface area contributed by atoms with E-state index in [1.54, 1.807) is 17.7 Å². The zero-order valence-electron chi connectivity index (χ0n) is 3.59. The third-order valence-electron chi connectivity index (χ3n) is 0.570. The van der Waals surface area contributed by atoms with Crippen molar-refractivity contribution in [3.05, 3.63) is 23.4 Å². The van der Waals surface area contributed by atoms with Gasteiger partial charge in [-0.3, -0.25) is 0 Å². The van der Waals surface area contributed by atoms with E-state index in [-0.39, 0.29) is 0 Å². The highest BCUT2D eigenvalue weighted by atomic mass is 32.2.